The summed E-state index contributed by atoms with van der Waals surface area (Å²) in [6.07, 6.45) is 0. The molecule has 2 aromatic carbocycles. The first-order valence-corrected chi connectivity index (χ1v) is 7.43. The van der Waals surface area contributed by atoms with Crippen molar-refractivity contribution in [2.24, 2.45) is 0 Å². The molecule has 0 saturated carbocycles. The summed E-state index contributed by atoms with van der Waals surface area (Å²) < 4.78 is 10.2. The molecule has 0 atom stereocenters. The highest BCUT2D eigenvalue weighted by Crippen LogP contribution is 2.29. The minimum atomic E-state index is -0.835. The quantitative estimate of drug-likeness (QED) is 0.831. The fourth-order valence-electron chi connectivity index (χ4n) is 1.95. The van der Waals surface area contributed by atoms with Gasteiger partial charge in [0.2, 0.25) is 0 Å². The molecule has 0 aliphatic carbocycles. The number of ether oxygens (including phenoxy) is 2. The third-order valence-corrected chi connectivity index (χ3v) is 3.70. The Morgan fingerprint density at radius 1 is 0.958 bits per heavy atom. The Balaban J connectivity index is 2.11. The number of carbonyl (C=O) groups is 2. The van der Waals surface area contributed by atoms with Gasteiger partial charge in [-0.15, -0.1) is 0 Å². The number of amides is 2. The van der Waals surface area contributed by atoms with Gasteiger partial charge < -0.3 is 20.1 Å². The molecule has 126 valence electrons. The van der Waals surface area contributed by atoms with Gasteiger partial charge in [0, 0.05) is 16.8 Å². The maximum Gasteiger partial charge on any atom is 0.314 e. The van der Waals surface area contributed by atoms with Crippen LogP contribution in [0, 0.1) is 6.92 Å². The molecule has 0 spiro atoms. The van der Waals surface area contributed by atoms with Gasteiger partial charge in [0.15, 0.2) is 0 Å². The third kappa shape index (κ3) is 4.17. The van der Waals surface area contributed by atoms with E-state index in [2.05, 4.69) is 10.6 Å². The lowest BCUT2D eigenvalue weighted by Crippen LogP contribution is -2.29. The summed E-state index contributed by atoms with van der Waals surface area (Å²) in [6, 6.07) is 9.87. The van der Waals surface area contributed by atoms with E-state index in [1.807, 2.05) is 6.92 Å². The fourth-order valence-corrected chi connectivity index (χ4v) is 2.13. The van der Waals surface area contributed by atoms with Crippen molar-refractivity contribution in [1.82, 2.24) is 0 Å². The van der Waals surface area contributed by atoms with Gasteiger partial charge in [-0.3, -0.25) is 9.59 Å². The van der Waals surface area contributed by atoms with Gasteiger partial charge in [-0.25, -0.2) is 0 Å². The van der Waals surface area contributed by atoms with Crippen LogP contribution in [0.3, 0.4) is 0 Å². The smallest absolute Gasteiger partial charge is 0.314 e. The molecule has 0 aromatic heterocycles. The van der Waals surface area contributed by atoms with E-state index in [0.717, 1.165) is 5.56 Å². The molecule has 7 heteroatoms. The normalized spacial score (nSPS) is 10.0. The Labute approximate surface area is 144 Å². The van der Waals surface area contributed by atoms with Crippen molar-refractivity contribution in [3.63, 3.8) is 0 Å². The Bertz CT molecular complexity index is 777. The van der Waals surface area contributed by atoms with Crippen molar-refractivity contribution in [2.75, 3.05) is 24.9 Å². The van der Waals surface area contributed by atoms with E-state index in [-0.39, 0.29) is 0 Å². The van der Waals surface area contributed by atoms with Crippen LogP contribution in [0.5, 0.6) is 11.5 Å². The number of methoxy groups -OCH3 is 2. The molecule has 6 nitrogen and oxygen atoms in total. The summed E-state index contributed by atoms with van der Waals surface area (Å²) in [7, 11) is 2.97. The van der Waals surface area contributed by atoms with Gasteiger partial charge in [-0.1, -0.05) is 17.7 Å². The van der Waals surface area contributed by atoms with Gasteiger partial charge in [0.25, 0.3) is 0 Å². The third-order valence-electron chi connectivity index (χ3n) is 3.29. The van der Waals surface area contributed by atoms with E-state index in [0.29, 0.717) is 27.9 Å². The van der Waals surface area contributed by atoms with Gasteiger partial charge in [-0.2, -0.15) is 0 Å². The van der Waals surface area contributed by atoms with Crippen LogP contribution in [0.15, 0.2) is 36.4 Å². The molecule has 0 bridgehead atoms. The summed E-state index contributed by atoms with van der Waals surface area (Å²) in [5.41, 5.74) is 1.64. The highest BCUT2D eigenvalue weighted by Gasteiger charge is 2.17. The molecule has 2 rings (SSSR count). The number of halogens is 1. The van der Waals surface area contributed by atoms with Crippen LogP contribution in [0.1, 0.15) is 5.56 Å². The maximum atomic E-state index is 12.1. The monoisotopic (exact) mass is 348 g/mol. The summed E-state index contributed by atoms with van der Waals surface area (Å²) in [5, 5.41) is 5.48. The molecule has 0 heterocycles. The lowest BCUT2D eigenvalue weighted by atomic mass is 10.2. The predicted octanol–water partition coefficient (Wildman–Crippen LogP) is 3.24. The topological polar surface area (TPSA) is 76.7 Å². The van der Waals surface area contributed by atoms with Crippen molar-refractivity contribution < 1.29 is 19.1 Å². The molecule has 2 amide bonds. The largest absolute Gasteiger partial charge is 0.497 e. The van der Waals surface area contributed by atoms with Gasteiger partial charge >= 0.3 is 11.8 Å². The maximum absolute atomic E-state index is 12.1. The van der Waals surface area contributed by atoms with Gasteiger partial charge in [0.05, 0.1) is 19.9 Å². The molecular weight excluding hydrogens is 332 g/mol. The molecule has 0 saturated heterocycles. The molecule has 0 aliphatic heterocycles. The number of aryl methyl sites for hydroxylation is 1. The number of rotatable bonds is 4. The second-order valence-electron chi connectivity index (χ2n) is 4.94. The fraction of sp³-hybridized carbons (Fsp3) is 0.176. The second-order valence-corrected chi connectivity index (χ2v) is 5.35. The molecule has 0 fully saturated rings. The van der Waals surface area contributed by atoms with E-state index in [1.165, 1.54) is 14.2 Å². The highest BCUT2D eigenvalue weighted by molar-refractivity contribution is 6.44. The van der Waals surface area contributed by atoms with Crippen LogP contribution in [-0.4, -0.2) is 26.0 Å². The molecule has 24 heavy (non-hydrogen) atoms. The Morgan fingerprint density at radius 3 is 2.29 bits per heavy atom. The average Bonchev–Trinajstić information content (AvgIpc) is 2.58. The lowest BCUT2D eigenvalue weighted by molar-refractivity contribution is -0.133. The van der Waals surface area contributed by atoms with Crippen LogP contribution in [0.2, 0.25) is 5.02 Å². The summed E-state index contributed by atoms with van der Waals surface area (Å²) in [5.74, 6) is -0.717. The van der Waals surface area contributed by atoms with Gasteiger partial charge in [-0.05, 0) is 36.8 Å². The number of hydrogen-bond donors (Lipinski definition) is 2. The number of hydrogen-bond acceptors (Lipinski definition) is 4. The zero-order valence-corrected chi connectivity index (χ0v) is 14.2. The van der Waals surface area contributed by atoms with E-state index in [9.17, 15) is 9.59 Å². The molecule has 0 aliphatic rings. The van der Waals surface area contributed by atoms with Crippen molar-refractivity contribution in [3.8, 4) is 11.5 Å². The number of benzene rings is 2. The standard InChI is InChI=1S/C17H17ClN2O4/c1-10-4-5-11(8-13(10)18)19-16(21)17(22)20-14-9-12(23-2)6-7-15(14)24-3/h4-9H,1-3H3,(H,19,21)(H,20,22). The lowest BCUT2D eigenvalue weighted by Gasteiger charge is -2.12. The van der Waals surface area contributed by atoms with E-state index >= 15 is 0 Å². The van der Waals surface area contributed by atoms with Crippen molar-refractivity contribution >= 4 is 34.8 Å². The minimum Gasteiger partial charge on any atom is -0.497 e. The summed E-state index contributed by atoms with van der Waals surface area (Å²) >= 11 is 6.00. The first kappa shape index (κ1) is 17.6. The number of anilines is 2. The SMILES string of the molecule is COc1ccc(OC)c(NC(=O)C(=O)Nc2ccc(C)c(Cl)c2)c1. The van der Waals surface area contributed by atoms with Crippen LogP contribution >= 0.6 is 11.6 Å². The van der Waals surface area contributed by atoms with E-state index in [1.54, 1.807) is 36.4 Å². The average molecular weight is 349 g/mol. The zero-order valence-electron chi connectivity index (χ0n) is 13.5. The second kappa shape index (κ2) is 7.70. The molecular formula is C17H17ClN2O4. The molecule has 0 radical (unpaired) electrons. The Morgan fingerprint density at radius 2 is 1.67 bits per heavy atom. The van der Waals surface area contributed by atoms with Crippen LogP contribution < -0.4 is 20.1 Å². The first-order chi connectivity index (χ1) is 11.4. The first-order valence-electron chi connectivity index (χ1n) is 7.05. The van der Waals surface area contributed by atoms with Crippen molar-refractivity contribution in [2.45, 2.75) is 6.92 Å². The Kier molecular flexibility index (Phi) is 5.65. The van der Waals surface area contributed by atoms with Crippen molar-refractivity contribution in [1.29, 1.82) is 0 Å². The van der Waals surface area contributed by atoms with E-state index < -0.39 is 11.8 Å². The van der Waals surface area contributed by atoms with Crippen LogP contribution in [0.4, 0.5) is 11.4 Å². The molecule has 2 aromatic rings. The highest BCUT2D eigenvalue weighted by atomic mass is 35.5. The molecule has 0 unspecified atom stereocenters. The number of nitrogens with one attached hydrogen (secondary N) is 2. The van der Waals surface area contributed by atoms with Gasteiger partial charge in [0.1, 0.15) is 11.5 Å². The number of carbonyl (C=O) groups excluding carboxylic acids is 2. The van der Waals surface area contributed by atoms with Crippen molar-refractivity contribution in [3.05, 3.63) is 47.0 Å². The zero-order chi connectivity index (χ0) is 17.7. The van der Waals surface area contributed by atoms with Crippen LogP contribution in [-0.2, 0) is 9.59 Å². The summed E-state index contributed by atoms with van der Waals surface area (Å²) in [6.45, 7) is 1.84. The predicted molar refractivity (Wildman–Crippen MR) is 93.0 cm³/mol. The van der Waals surface area contributed by atoms with E-state index in [4.69, 9.17) is 21.1 Å². The van der Waals surface area contributed by atoms with Crippen LogP contribution in [0.25, 0.3) is 0 Å². The minimum absolute atomic E-state index is 0.332. The summed E-state index contributed by atoms with van der Waals surface area (Å²) in [4.78, 5) is 24.1. The molecule has 2 N–H and O–H groups in total. The Hall–Kier alpha value is -2.73.